The standard InChI is InChI=1S/C9H7Cl2F/c1-2-3-6-8(12)5-4-7(10)9(6)11/h2,4-5H,1,3H2. The number of rotatable bonds is 2. The van der Waals surface area contributed by atoms with Crippen LogP contribution in [0.4, 0.5) is 4.39 Å². The molecule has 0 spiro atoms. The quantitative estimate of drug-likeness (QED) is 0.507. The van der Waals surface area contributed by atoms with Crippen molar-refractivity contribution < 1.29 is 4.39 Å². The lowest BCUT2D eigenvalue weighted by Gasteiger charge is -2.03. The Bertz CT molecular complexity index is 308. The first-order chi connectivity index (χ1) is 5.66. The van der Waals surface area contributed by atoms with Crippen molar-refractivity contribution >= 4 is 23.2 Å². The van der Waals surface area contributed by atoms with Crippen LogP contribution in [0.2, 0.25) is 10.0 Å². The van der Waals surface area contributed by atoms with Crippen molar-refractivity contribution in [1.82, 2.24) is 0 Å². The number of hydrogen-bond donors (Lipinski definition) is 0. The molecule has 0 amide bonds. The van der Waals surface area contributed by atoms with Crippen LogP contribution in [0.3, 0.4) is 0 Å². The highest BCUT2D eigenvalue weighted by molar-refractivity contribution is 6.42. The Hall–Kier alpha value is -0.530. The molecular formula is C9H7Cl2F. The molecular weight excluding hydrogens is 198 g/mol. The van der Waals surface area contributed by atoms with Gasteiger partial charge >= 0.3 is 0 Å². The zero-order chi connectivity index (χ0) is 9.14. The average Bonchev–Trinajstić information content (AvgIpc) is 2.06. The Kier molecular flexibility index (Phi) is 3.12. The molecule has 0 saturated carbocycles. The lowest BCUT2D eigenvalue weighted by Crippen LogP contribution is -1.89. The van der Waals surface area contributed by atoms with Crippen molar-refractivity contribution in [3.8, 4) is 0 Å². The third kappa shape index (κ3) is 1.79. The van der Waals surface area contributed by atoms with E-state index in [4.69, 9.17) is 23.2 Å². The van der Waals surface area contributed by atoms with Crippen molar-refractivity contribution in [1.29, 1.82) is 0 Å². The van der Waals surface area contributed by atoms with Gasteiger partial charge in [-0.1, -0.05) is 29.3 Å². The Morgan fingerprint density at radius 3 is 2.67 bits per heavy atom. The fraction of sp³-hybridized carbons (Fsp3) is 0.111. The molecule has 0 aliphatic rings. The van der Waals surface area contributed by atoms with Crippen LogP contribution < -0.4 is 0 Å². The molecule has 3 heteroatoms. The third-order valence-corrected chi connectivity index (χ3v) is 2.33. The summed E-state index contributed by atoms with van der Waals surface area (Å²) in [5.41, 5.74) is 0.402. The first-order valence-electron chi connectivity index (χ1n) is 3.40. The van der Waals surface area contributed by atoms with Crippen LogP contribution in [-0.4, -0.2) is 0 Å². The Balaban J connectivity index is 3.22. The monoisotopic (exact) mass is 204 g/mol. The lowest BCUT2D eigenvalue weighted by molar-refractivity contribution is 0.615. The molecule has 1 rings (SSSR count). The number of hydrogen-bond acceptors (Lipinski definition) is 0. The van der Waals surface area contributed by atoms with Crippen LogP contribution in [0.1, 0.15) is 5.56 Å². The maximum absolute atomic E-state index is 13.0. The summed E-state index contributed by atoms with van der Waals surface area (Å²) in [7, 11) is 0. The van der Waals surface area contributed by atoms with E-state index in [0.29, 0.717) is 17.0 Å². The van der Waals surface area contributed by atoms with Gasteiger partial charge in [-0.05, 0) is 18.6 Å². The van der Waals surface area contributed by atoms with Crippen LogP contribution in [0, 0.1) is 5.82 Å². The van der Waals surface area contributed by atoms with Crippen LogP contribution >= 0.6 is 23.2 Å². The van der Waals surface area contributed by atoms with Crippen molar-refractivity contribution in [3.63, 3.8) is 0 Å². The molecule has 0 bridgehead atoms. The molecule has 1 aromatic carbocycles. The van der Waals surface area contributed by atoms with E-state index in [2.05, 4.69) is 6.58 Å². The highest BCUT2D eigenvalue weighted by Gasteiger charge is 2.08. The molecule has 0 nitrogen and oxygen atoms in total. The molecule has 1 aromatic rings. The normalized spacial score (nSPS) is 9.92. The minimum Gasteiger partial charge on any atom is -0.207 e. The molecule has 0 aliphatic heterocycles. The highest BCUT2D eigenvalue weighted by atomic mass is 35.5. The number of benzene rings is 1. The van der Waals surface area contributed by atoms with Gasteiger partial charge in [-0.2, -0.15) is 0 Å². The Morgan fingerprint density at radius 2 is 2.08 bits per heavy atom. The van der Waals surface area contributed by atoms with E-state index in [1.54, 1.807) is 6.08 Å². The van der Waals surface area contributed by atoms with Gasteiger partial charge in [0.05, 0.1) is 10.0 Å². The molecule has 0 saturated heterocycles. The topological polar surface area (TPSA) is 0 Å². The summed E-state index contributed by atoms with van der Waals surface area (Å²) in [6.07, 6.45) is 1.98. The predicted molar refractivity (Wildman–Crippen MR) is 50.3 cm³/mol. The third-order valence-electron chi connectivity index (χ3n) is 1.49. The van der Waals surface area contributed by atoms with Crippen molar-refractivity contribution in [2.45, 2.75) is 6.42 Å². The predicted octanol–water partition coefficient (Wildman–Crippen LogP) is 3.86. The zero-order valence-electron chi connectivity index (χ0n) is 6.28. The summed E-state index contributed by atoms with van der Waals surface area (Å²) < 4.78 is 13.0. The maximum atomic E-state index is 13.0. The second-order valence-electron chi connectivity index (χ2n) is 2.31. The fourth-order valence-electron chi connectivity index (χ4n) is 0.901. The van der Waals surface area contributed by atoms with Crippen molar-refractivity contribution in [2.75, 3.05) is 0 Å². The number of halogens is 3. The van der Waals surface area contributed by atoms with Crippen LogP contribution in [-0.2, 0) is 6.42 Å². The minimum atomic E-state index is -0.343. The SMILES string of the molecule is C=CCc1c(F)ccc(Cl)c1Cl. The van der Waals surface area contributed by atoms with E-state index >= 15 is 0 Å². The first-order valence-corrected chi connectivity index (χ1v) is 4.15. The van der Waals surface area contributed by atoms with Crippen molar-refractivity contribution in [2.24, 2.45) is 0 Å². The minimum absolute atomic E-state index is 0.275. The molecule has 0 unspecified atom stereocenters. The van der Waals surface area contributed by atoms with Gasteiger partial charge in [0.2, 0.25) is 0 Å². The van der Waals surface area contributed by atoms with Crippen LogP contribution in [0.15, 0.2) is 24.8 Å². The van der Waals surface area contributed by atoms with Gasteiger partial charge in [0, 0.05) is 5.56 Å². The molecule has 0 radical (unpaired) electrons. The molecule has 64 valence electrons. The van der Waals surface area contributed by atoms with Crippen LogP contribution in [0.5, 0.6) is 0 Å². The second-order valence-corrected chi connectivity index (χ2v) is 3.10. The van der Waals surface area contributed by atoms with Gasteiger partial charge in [0.25, 0.3) is 0 Å². The maximum Gasteiger partial charge on any atom is 0.128 e. The van der Waals surface area contributed by atoms with E-state index < -0.39 is 0 Å². The summed E-state index contributed by atoms with van der Waals surface area (Å²) in [5, 5.41) is 0.645. The molecule has 0 aliphatic carbocycles. The van der Waals surface area contributed by atoms with E-state index in [0.717, 1.165) is 0 Å². The largest absolute Gasteiger partial charge is 0.207 e. The molecule has 0 aromatic heterocycles. The van der Waals surface area contributed by atoms with E-state index in [1.807, 2.05) is 0 Å². The summed E-state index contributed by atoms with van der Waals surface area (Å²) in [6, 6.07) is 2.73. The molecule has 0 heterocycles. The zero-order valence-corrected chi connectivity index (χ0v) is 7.79. The lowest BCUT2D eigenvalue weighted by atomic mass is 10.1. The van der Waals surface area contributed by atoms with E-state index in [9.17, 15) is 4.39 Å². The summed E-state index contributed by atoms with van der Waals surface area (Å²) in [5.74, 6) is -0.343. The van der Waals surface area contributed by atoms with Crippen molar-refractivity contribution in [3.05, 3.63) is 46.2 Å². The molecule has 0 fully saturated rings. The fourth-order valence-corrected chi connectivity index (χ4v) is 1.31. The molecule has 0 N–H and O–H groups in total. The Morgan fingerprint density at radius 1 is 1.42 bits per heavy atom. The summed E-state index contributed by atoms with van der Waals surface area (Å²) in [4.78, 5) is 0. The van der Waals surface area contributed by atoms with E-state index in [-0.39, 0.29) is 10.8 Å². The second kappa shape index (κ2) is 3.92. The van der Waals surface area contributed by atoms with E-state index in [1.165, 1.54) is 12.1 Å². The van der Waals surface area contributed by atoms with Gasteiger partial charge in [-0.3, -0.25) is 0 Å². The molecule has 12 heavy (non-hydrogen) atoms. The van der Waals surface area contributed by atoms with Gasteiger partial charge < -0.3 is 0 Å². The number of allylic oxidation sites excluding steroid dienone is 1. The average molecular weight is 205 g/mol. The summed E-state index contributed by atoms with van der Waals surface area (Å²) >= 11 is 11.4. The van der Waals surface area contributed by atoms with Gasteiger partial charge in [-0.25, -0.2) is 4.39 Å². The van der Waals surface area contributed by atoms with Gasteiger partial charge in [0.15, 0.2) is 0 Å². The van der Waals surface area contributed by atoms with Crippen LogP contribution in [0.25, 0.3) is 0 Å². The van der Waals surface area contributed by atoms with Gasteiger partial charge in [-0.15, -0.1) is 6.58 Å². The summed E-state index contributed by atoms with van der Waals surface area (Å²) in [6.45, 7) is 3.50. The first kappa shape index (κ1) is 9.56. The smallest absolute Gasteiger partial charge is 0.128 e. The highest BCUT2D eigenvalue weighted by Crippen LogP contribution is 2.28. The van der Waals surface area contributed by atoms with Gasteiger partial charge in [0.1, 0.15) is 5.82 Å². The Labute approximate surface area is 80.6 Å². The molecule has 0 atom stereocenters.